The molecule has 0 radical (unpaired) electrons. The van der Waals surface area contributed by atoms with Gasteiger partial charge in [0.1, 0.15) is 11.6 Å². The molecule has 2 heterocycles. The van der Waals surface area contributed by atoms with Gasteiger partial charge in [0.2, 0.25) is 11.9 Å². The molecule has 14 heteroatoms. The molecule has 4 aromatic rings. The van der Waals surface area contributed by atoms with E-state index in [1.54, 1.807) is 35.9 Å². The second-order valence-electron chi connectivity index (χ2n) is 10.7. The molecule has 0 aliphatic rings. The molecule has 2 aromatic heterocycles. The topological polar surface area (TPSA) is 196 Å². The summed E-state index contributed by atoms with van der Waals surface area (Å²) in [6.07, 6.45) is 3.36. The lowest BCUT2D eigenvalue weighted by Gasteiger charge is -2.15. The van der Waals surface area contributed by atoms with E-state index in [0.29, 0.717) is 23.5 Å². The van der Waals surface area contributed by atoms with E-state index in [4.69, 9.17) is 33.0 Å². The van der Waals surface area contributed by atoms with Crippen molar-refractivity contribution in [3.63, 3.8) is 0 Å². The summed E-state index contributed by atoms with van der Waals surface area (Å²) in [5.41, 5.74) is 29.4. The minimum absolute atomic E-state index is 0.203. The Bertz CT molecular complexity index is 1460. The lowest BCUT2D eigenvalue weighted by atomic mass is 9.98. The van der Waals surface area contributed by atoms with Crippen LogP contribution in [0.4, 0.5) is 23.5 Å². The van der Waals surface area contributed by atoms with Crippen LogP contribution in [0, 0.1) is 24.3 Å². The summed E-state index contributed by atoms with van der Waals surface area (Å²) in [5.74, 6) is 2.16. The third-order valence-electron chi connectivity index (χ3n) is 6.20. The second kappa shape index (κ2) is 17.1. The molecule has 0 atom stereocenters. The average Bonchev–Trinajstić information content (AvgIpc) is 2.91. The summed E-state index contributed by atoms with van der Waals surface area (Å²) < 4.78 is 1.24. The summed E-state index contributed by atoms with van der Waals surface area (Å²) >= 11 is 5.54. The zero-order chi connectivity index (χ0) is 33.3. The smallest absolute Gasteiger partial charge is 0.427 e. The molecule has 0 spiro atoms. The van der Waals surface area contributed by atoms with E-state index in [9.17, 15) is 0 Å². The molecule has 0 bridgehead atoms. The van der Waals surface area contributed by atoms with Crippen molar-refractivity contribution in [1.82, 2.24) is 19.9 Å². The van der Waals surface area contributed by atoms with Gasteiger partial charge in [-0.2, -0.15) is 9.97 Å². The maximum atomic E-state index is 7.61. The first kappa shape index (κ1) is 37.4. The van der Waals surface area contributed by atoms with Crippen LogP contribution in [-0.2, 0) is 0 Å². The lowest BCUT2D eigenvalue weighted by molar-refractivity contribution is 0.417. The Hall–Kier alpha value is -2.79. The first-order valence-corrected chi connectivity index (χ1v) is 16.6. The van der Waals surface area contributed by atoms with Crippen LogP contribution in [0.15, 0.2) is 56.2 Å². The third kappa shape index (κ3) is 11.3. The van der Waals surface area contributed by atoms with Crippen LogP contribution >= 0.6 is 46.1 Å². The quantitative estimate of drug-likeness (QED) is 0.0933. The fourth-order valence-corrected chi connectivity index (χ4v) is 6.67. The summed E-state index contributed by atoms with van der Waals surface area (Å²) in [4.78, 5) is 20.1. The number of halogens is 1. The van der Waals surface area contributed by atoms with E-state index in [1.165, 1.54) is 48.0 Å². The van der Waals surface area contributed by atoms with Crippen molar-refractivity contribution in [1.29, 1.82) is 0 Å². The van der Waals surface area contributed by atoms with Crippen molar-refractivity contribution in [2.45, 2.75) is 86.7 Å². The molecule has 10 nitrogen and oxygen atoms in total. The standard InChI is InChI=1S/C15H20N4S.C14H17IN4S.CH5BO2/c1-8(2)11-5-9(3)10(4)6-12(11)20-13-7-18-15(17)19-14(13)16;1-7(2)9-4-8(3)10(15)5-11(9)20-12-6-18-14(17)19-13(12)16;1-2(3)4/h5-8H,1-4H3,(H4,16,17,18,19);4-7H,1-3H3,(H4,16,17,18,19);3-4H,1H3. The van der Waals surface area contributed by atoms with Gasteiger partial charge >= 0.3 is 7.12 Å². The van der Waals surface area contributed by atoms with Gasteiger partial charge in [-0.15, -0.1) is 0 Å². The molecule has 0 aliphatic carbocycles. The van der Waals surface area contributed by atoms with Gasteiger partial charge in [0.05, 0.1) is 9.79 Å². The number of hydrogen-bond acceptors (Lipinski definition) is 12. The number of aryl methyl sites for hydroxylation is 3. The van der Waals surface area contributed by atoms with Gasteiger partial charge in [-0.1, -0.05) is 63.4 Å². The van der Waals surface area contributed by atoms with E-state index in [0.717, 1.165) is 9.79 Å². The number of hydrogen-bond donors (Lipinski definition) is 6. The maximum absolute atomic E-state index is 7.61. The van der Waals surface area contributed by atoms with Crippen molar-refractivity contribution in [2.75, 3.05) is 22.9 Å². The minimum Gasteiger partial charge on any atom is -0.427 e. The number of nitrogens with two attached hydrogens (primary N) is 4. The number of aromatic nitrogens is 4. The van der Waals surface area contributed by atoms with E-state index >= 15 is 0 Å². The Morgan fingerprint density at radius 1 is 0.659 bits per heavy atom. The zero-order valence-corrected chi connectivity index (χ0v) is 30.2. The molecular weight excluding hydrogens is 706 g/mol. The molecule has 0 unspecified atom stereocenters. The molecule has 0 saturated carbocycles. The van der Waals surface area contributed by atoms with Gasteiger partial charge in [-0.05, 0) is 102 Å². The molecular formula is C30H42BIN8O2S2. The van der Waals surface area contributed by atoms with Crippen LogP contribution in [0.5, 0.6) is 0 Å². The average molecular weight is 749 g/mol. The molecule has 4 rings (SSSR count). The molecule has 44 heavy (non-hydrogen) atoms. The van der Waals surface area contributed by atoms with E-state index < -0.39 is 7.12 Å². The summed E-state index contributed by atoms with van der Waals surface area (Å²) in [6, 6.07) is 8.87. The monoisotopic (exact) mass is 748 g/mol. The molecule has 0 aliphatic heterocycles. The minimum atomic E-state index is -1.17. The Morgan fingerprint density at radius 3 is 1.41 bits per heavy atom. The second-order valence-corrected chi connectivity index (χ2v) is 14.0. The predicted octanol–water partition coefficient (Wildman–Crippen LogP) is 6.45. The predicted molar refractivity (Wildman–Crippen MR) is 194 cm³/mol. The van der Waals surface area contributed by atoms with Crippen LogP contribution < -0.4 is 22.9 Å². The molecule has 0 saturated heterocycles. The Balaban J connectivity index is 0.000000274. The number of rotatable bonds is 6. The van der Waals surface area contributed by atoms with Crippen LogP contribution in [0.2, 0.25) is 6.82 Å². The van der Waals surface area contributed by atoms with Gasteiger partial charge in [-0.3, -0.25) is 0 Å². The van der Waals surface area contributed by atoms with Crippen molar-refractivity contribution >= 4 is 76.8 Å². The van der Waals surface area contributed by atoms with Crippen LogP contribution in [0.1, 0.15) is 67.3 Å². The largest absolute Gasteiger partial charge is 0.448 e. The first-order valence-electron chi connectivity index (χ1n) is 13.9. The van der Waals surface area contributed by atoms with Crippen LogP contribution in [-0.4, -0.2) is 37.1 Å². The highest BCUT2D eigenvalue weighted by atomic mass is 127. The number of nitrogen functional groups attached to an aromatic ring is 4. The summed E-state index contributed by atoms with van der Waals surface area (Å²) in [7, 11) is -1.17. The highest BCUT2D eigenvalue weighted by Gasteiger charge is 2.14. The van der Waals surface area contributed by atoms with Gasteiger partial charge in [-0.25, -0.2) is 9.97 Å². The Labute approximate surface area is 282 Å². The number of benzene rings is 2. The number of anilines is 4. The maximum Gasteiger partial charge on any atom is 0.448 e. The third-order valence-corrected chi connectivity index (χ3v) is 9.58. The molecule has 0 fully saturated rings. The van der Waals surface area contributed by atoms with Gasteiger partial charge in [0.15, 0.2) is 0 Å². The Kier molecular flexibility index (Phi) is 14.5. The Morgan fingerprint density at radius 2 is 1.02 bits per heavy atom. The van der Waals surface area contributed by atoms with Gasteiger partial charge < -0.3 is 33.0 Å². The fourth-order valence-electron chi connectivity index (χ4n) is 3.77. The highest BCUT2D eigenvalue weighted by Crippen LogP contribution is 2.39. The van der Waals surface area contributed by atoms with Gasteiger partial charge in [0.25, 0.3) is 0 Å². The fraction of sp³-hybridized carbons (Fsp3) is 0.333. The molecule has 2 aromatic carbocycles. The van der Waals surface area contributed by atoms with E-state index in [-0.39, 0.29) is 11.9 Å². The molecule has 0 amide bonds. The lowest BCUT2D eigenvalue weighted by Crippen LogP contribution is -2.01. The molecule has 10 N–H and O–H groups in total. The van der Waals surface area contributed by atoms with Crippen molar-refractivity contribution in [2.24, 2.45) is 0 Å². The normalized spacial score (nSPS) is 10.7. The zero-order valence-electron chi connectivity index (χ0n) is 26.4. The van der Waals surface area contributed by atoms with Crippen LogP contribution in [0.25, 0.3) is 0 Å². The highest BCUT2D eigenvalue weighted by molar-refractivity contribution is 14.1. The van der Waals surface area contributed by atoms with Crippen molar-refractivity contribution in [3.05, 3.63) is 68.0 Å². The van der Waals surface area contributed by atoms with Gasteiger partial charge in [0, 0.05) is 25.8 Å². The van der Waals surface area contributed by atoms with Crippen molar-refractivity contribution in [3.8, 4) is 0 Å². The SMILES string of the molecule is CB(O)O.Cc1cc(C(C)C)c(Sc2cnc(N)nc2N)cc1I.Cc1cc(Sc2cnc(N)nc2N)c(C(C)C)cc1C. The van der Waals surface area contributed by atoms with E-state index in [1.807, 2.05) is 0 Å². The van der Waals surface area contributed by atoms with Crippen molar-refractivity contribution < 1.29 is 10.0 Å². The van der Waals surface area contributed by atoms with Crippen LogP contribution in [0.3, 0.4) is 0 Å². The van der Waals surface area contributed by atoms with E-state index in [2.05, 4.69) is 115 Å². The summed E-state index contributed by atoms with van der Waals surface area (Å²) in [6.45, 7) is 16.4. The summed E-state index contributed by atoms with van der Waals surface area (Å²) in [5, 5.41) is 15.2. The first-order chi connectivity index (χ1) is 20.5. The number of nitrogens with zero attached hydrogens (tertiary/aromatic N) is 4. The molecule has 236 valence electrons.